The van der Waals surface area contributed by atoms with Crippen molar-refractivity contribution < 1.29 is 92.5 Å². The minimum atomic E-state index is -0.691. The summed E-state index contributed by atoms with van der Waals surface area (Å²) in [5, 5.41) is 2.79. The fraction of sp³-hybridized carbons (Fsp3) is 0.600. The number of benzene rings is 2. The Morgan fingerprint density at radius 2 is 1.04 bits per heavy atom. The van der Waals surface area contributed by atoms with Crippen LogP contribution in [0, 0.1) is 11.8 Å². The number of hydroxylamine groups is 4. The summed E-state index contributed by atoms with van der Waals surface area (Å²) in [7, 11) is 0. The Bertz CT molecular complexity index is 2220. The Morgan fingerprint density at radius 1 is 0.608 bits per heavy atom. The standard InChI is InChI=1S/C25H35N5O6.C14H15N2O3.C11H21N3O3.Na.H2O/c1-25(2,3)36-24(34)28-13-7-10-18(14-28)21(31)26-27-22(32)20-12-11-19-15-29(20)23(33)30(19)35-16-17-8-5-4-6-9-17;17-9-13-7-6-12-8-15(13)14(18)16(12)19-10-11-4-2-1-3-5-11;1-11(2,3)17-10(16)14-6-4-5-8(7-14)9(15)13-12;;/h4-6,8-9,18-20H,7,10-16H2,1-3H3,(H,26,31)(H,27,32);1-5,12-13H,6-8,10H2;8H,4-7,12H2,1-3H3,(H,13,15);;1H2/q;-1;;+1;/p-1/t18-,19-,20+;12-,13+;8-;;/m111../s1. The maximum atomic E-state index is 12.9. The summed E-state index contributed by atoms with van der Waals surface area (Å²) in [5.41, 5.74) is 7.93. The van der Waals surface area contributed by atoms with Gasteiger partial charge in [0.05, 0.1) is 23.9 Å². The van der Waals surface area contributed by atoms with Crippen LogP contribution in [-0.2, 0) is 51.5 Å². The van der Waals surface area contributed by atoms with Crippen molar-refractivity contribution in [3.8, 4) is 0 Å². The Kier molecular flexibility index (Phi) is 22.9. The summed E-state index contributed by atoms with van der Waals surface area (Å²) in [5.74, 6) is 3.36. The molecule has 402 valence electrons. The van der Waals surface area contributed by atoms with Gasteiger partial charge in [0.25, 0.3) is 5.91 Å². The zero-order valence-corrected chi connectivity index (χ0v) is 45.7. The first-order valence-corrected chi connectivity index (χ1v) is 24.7. The van der Waals surface area contributed by atoms with Crippen molar-refractivity contribution >= 4 is 48.3 Å². The Morgan fingerprint density at radius 3 is 1.50 bits per heavy atom. The molecule has 6 fully saturated rings. The molecule has 6 aliphatic heterocycles. The second kappa shape index (κ2) is 27.8. The number of likely N-dealkylation sites (tertiary alicyclic amines) is 2. The van der Waals surface area contributed by atoms with E-state index in [0.29, 0.717) is 71.4 Å². The van der Waals surface area contributed by atoms with Crippen LogP contribution >= 0.6 is 0 Å². The first-order chi connectivity index (χ1) is 34.2. The number of amides is 9. The van der Waals surface area contributed by atoms with E-state index >= 15 is 0 Å². The van der Waals surface area contributed by atoms with Gasteiger partial charge in [-0.25, -0.2) is 31.3 Å². The van der Waals surface area contributed by atoms with Gasteiger partial charge in [-0.1, -0.05) is 73.1 Å². The predicted octanol–water partition coefficient (Wildman–Crippen LogP) is 1.13. The number of piperidine rings is 4. The molecular weight excluding hydrogens is 972 g/mol. The zero-order chi connectivity index (χ0) is 52.2. The van der Waals surface area contributed by atoms with Crippen LogP contribution in [0.1, 0.15) is 104 Å². The van der Waals surface area contributed by atoms with Gasteiger partial charge in [-0.15, -0.1) is 0 Å². The second-order valence-corrected chi connectivity index (χ2v) is 20.7. The zero-order valence-electron chi connectivity index (χ0n) is 43.7. The number of carbonyl (C=O) groups is 7. The van der Waals surface area contributed by atoms with Crippen LogP contribution in [0.25, 0.3) is 0 Å². The van der Waals surface area contributed by atoms with E-state index in [1.165, 1.54) is 19.9 Å². The largest absolute Gasteiger partial charge is 1.00 e. The Hall–Kier alpha value is -5.56. The average molecular weight is 1040 g/mol. The summed E-state index contributed by atoms with van der Waals surface area (Å²) in [6.45, 7) is 14.2. The SMILES string of the molecule is CC(C)(C)OC(=O)N1CCC[C@@H](C(=O)NN)C1.CC(C)(C)OC(=O)N1CCC[C@@H](C(=O)NNC(=O)[C@@H]2CC[C@@H]3CN2C(=O)N3OCc2ccccc2)C1.O=[C-][C@@H]1CC[C@@H]2CN1C(=O)N2OCc1ccccc1.[Na+].[OH-]. The van der Waals surface area contributed by atoms with Crippen molar-refractivity contribution in [1.29, 1.82) is 0 Å². The summed E-state index contributed by atoms with van der Waals surface area (Å²) in [6, 6.07) is 17.6. The monoisotopic (exact) mass is 1040 g/mol. The molecule has 0 spiro atoms. The number of rotatable bonds is 10. The minimum Gasteiger partial charge on any atom is -0.870 e. The first kappa shape index (κ1) is 61.0. The van der Waals surface area contributed by atoms with E-state index in [-0.39, 0.29) is 96.2 Å². The molecule has 9 amide bonds. The molecule has 0 radical (unpaired) electrons. The molecule has 0 unspecified atom stereocenters. The van der Waals surface area contributed by atoms with Crippen molar-refractivity contribution in [2.45, 2.75) is 141 Å². The molecule has 8 rings (SSSR count). The van der Waals surface area contributed by atoms with Crippen LogP contribution in [0.3, 0.4) is 0 Å². The molecule has 74 heavy (non-hydrogen) atoms. The van der Waals surface area contributed by atoms with Crippen molar-refractivity contribution in [3.05, 3.63) is 71.8 Å². The van der Waals surface area contributed by atoms with E-state index in [4.69, 9.17) is 25.0 Å². The van der Waals surface area contributed by atoms with Gasteiger partial charge in [0.2, 0.25) is 11.8 Å². The normalized spacial score (nSPS) is 23.1. The van der Waals surface area contributed by atoms with Gasteiger partial charge in [-0.05, 0) is 97.6 Å². The van der Waals surface area contributed by atoms with E-state index in [2.05, 4.69) is 16.3 Å². The molecule has 23 nitrogen and oxygen atoms in total. The third-order valence-corrected chi connectivity index (χ3v) is 12.8. The molecule has 0 aliphatic carbocycles. The third kappa shape index (κ3) is 17.0. The van der Waals surface area contributed by atoms with E-state index in [0.717, 1.165) is 30.4 Å². The summed E-state index contributed by atoms with van der Waals surface area (Å²) in [6.07, 6.45) is 6.47. The molecule has 2 aromatic carbocycles. The van der Waals surface area contributed by atoms with Crippen LogP contribution in [0.2, 0.25) is 0 Å². The fourth-order valence-corrected chi connectivity index (χ4v) is 9.22. The van der Waals surface area contributed by atoms with E-state index in [9.17, 15) is 38.4 Å². The van der Waals surface area contributed by atoms with Crippen molar-refractivity contribution in [2.24, 2.45) is 17.7 Å². The maximum absolute atomic E-state index is 12.9. The van der Waals surface area contributed by atoms with Gasteiger partial charge >= 0.3 is 53.8 Å². The third-order valence-electron chi connectivity index (χ3n) is 12.8. The smallest absolute Gasteiger partial charge is 0.870 e. The molecule has 6 aliphatic rings. The summed E-state index contributed by atoms with van der Waals surface area (Å²) >= 11 is 0. The van der Waals surface area contributed by atoms with Crippen LogP contribution in [0.15, 0.2) is 60.7 Å². The number of fused-ring (bicyclic) bond motifs is 4. The number of nitrogens with zero attached hydrogens (tertiary/aromatic N) is 6. The van der Waals surface area contributed by atoms with Gasteiger partial charge in [0.1, 0.15) is 30.5 Å². The van der Waals surface area contributed by atoms with Crippen molar-refractivity contribution in [3.63, 3.8) is 0 Å². The number of nitrogens with two attached hydrogens (primary N) is 1. The quantitative estimate of drug-likeness (QED) is 0.0854. The average Bonchev–Trinajstić information content (AvgIpc) is 3.76. The molecule has 6 N–H and O–H groups in total. The van der Waals surface area contributed by atoms with Crippen LogP contribution in [0.4, 0.5) is 19.2 Å². The molecule has 6 atom stereocenters. The second-order valence-electron chi connectivity index (χ2n) is 20.7. The summed E-state index contributed by atoms with van der Waals surface area (Å²) in [4.78, 5) is 115. The molecule has 0 saturated carbocycles. The van der Waals surface area contributed by atoms with E-state index < -0.39 is 41.2 Å². The van der Waals surface area contributed by atoms with Crippen molar-refractivity contribution in [2.75, 3.05) is 39.3 Å². The Balaban J connectivity index is 0.000000263. The van der Waals surface area contributed by atoms with Crippen molar-refractivity contribution in [1.82, 2.24) is 46.0 Å². The number of nitrogens with one attached hydrogen (secondary N) is 3. The number of carbonyl (C=O) groups excluding carboxylic acids is 8. The van der Waals surface area contributed by atoms with Crippen LogP contribution < -0.4 is 51.7 Å². The van der Waals surface area contributed by atoms with Gasteiger partial charge in [0, 0.05) is 39.3 Å². The first-order valence-electron chi connectivity index (χ1n) is 24.7. The maximum Gasteiger partial charge on any atom is 1.00 e. The summed E-state index contributed by atoms with van der Waals surface area (Å²) < 4.78 is 10.7. The van der Waals surface area contributed by atoms with Gasteiger partial charge in [0.15, 0.2) is 0 Å². The number of hydrogen-bond donors (Lipinski definition) is 4. The predicted molar refractivity (Wildman–Crippen MR) is 261 cm³/mol. The molecular formula is C50H72N10NaO13-. The number of ether oxygens (including phenoxy) is 2. The van der Waals surface area contributed by atoms with Gasteiger partial charge in [-0.2, -0.15) is 10.1 Å². The topological polar surface area (TPSA) is 285 Å². The van der Waals surface area contributed by atoms with E-state index in [1.807, 2.05) is 87.7 Å². The molecule has 2 aromatic rings. The van der Waals surface area contributed by atoms with Gasteiger partial charge < -0.3 is 39.3 Å². The Labute approximate surface area is 454 Å². The number of hydrogen-bond acceptors (Lipinski definition) is 14. The molecule has 6 saturated heterocycles. The van der Waals surface area contributed by atoms with Crippen LogP contribution in [-0.4, -0.2) is 158 Å². The molecule has 0 aromatic heterocycles. The number of urea groups is 2. The molecule has 24 heteroatoms. The van der Waals surface area contributed by atoms with Gasteiger partial charge in [-0.3, -0.25) is 40.3 Å². The minimum absolute atomic E-state index is 0. The fourth-order valence-electron chi connectivity index (χ4n) is 9.22. The molecule has 6 heterocycles. The number of hydrazine groups is 2. The van der Waals surface area contributed by atoms with Crippen LogP contribution in [0.5, 0.6) is 0 Å². The molecule has 4 bridgehead atoms. The van der Waals surface area contributed by atoms with E-state index in [1.54, 1.807) is 30.6 Å².